The van der Waals surface area contributed by atoms with Crippen molar-refractivity contribution in [3.63, 3.8) is 0 Å². The Morgan fingerprint density at radius 1 is 0.643 bits per heavy atom. The Morgan fingerprint density at radius 3 is 1.33 bits per heavy atom. The fraction of sp³-hybridized carbons (Fsp3) is 0.400. The zero-order valence-electron chi connectivity index (χ0n) is 24.2. The van der Waals surface area contributed by atoms with Crippen LogP contribution >= 0.6 is 0 Å². The van der Waals surface area contributed by atoms with E-state index >= 15 is 0 Å². The van der Waals surface area contributed by atoms with Gasteiger partial charge in [0.1, 0.15) is 0 Å². The molecular weight excluding hydrogens is 540 g/mol. The molecule has 0 unspecified atom stereocenters. The number of nitrogens with two attached hydrogens (primary N) is 2. The lowest BCUT2D eigenvalue weighted by Gasteiger charge is -2.20. The highest BCUT2D eigenvalue weighted by Gasteiger charge is 2.30. The minimum atomic E-state index is -0.733. The van der Waals surface area contributed by atoms with Gasteiger partial charge in [0.2, 0.25) is 23.6 Å². The molecule has 0 radical (unpaired) electrons. The molecule has 12 nitrogen and oxygen atoms in total. The van der Waals surface area contributed by atoms with Crippen LogP contribution in [0.15, 0.2) is 36.4 Å². The average Bonchev–Trinajstić information content (AvgIpc) is 2.99. The van der Waals surface area contributed by atoms with E-state index in [1.54, 1.807) is 0 Å². The van der Waals surface area contributed by atoms with Gasteiger partial charge in [-0.1, -0.05) is 40.5 Å². The Balaban J connectivity index is 1.65. The second kappa shape index (κ2) is 14.0. The molecule has 4 amide bonds. The quantitative estimate of drug-likeness (QED) is 0.185. The van der Waals surface area contributed by atoms with E-state index in [1.807, 2.05) is 27.7 Å². The Bertz CT molecular complexity index is 1300. The van der Waals surface area contributed by atoms with Crippen molar-refractivity contribution in [2.75, 3.05) is 23.7 Å². The predicted octanol–water partition coefficient (Wildman–Crippen LogP) is 1.32. The van der Waals surface area contributed by atoms with Crippen LogP contribution in [0.1, 0.15) is 72.4 Å². The van der Waals surface area contributed by atoms with Gasteiger partial charge in [0.05, 0.1) is 25.2 Å². The molecule has 2 aromatic rings. The van der Waals surface area contributed by atoms with Crippen molar-refractivity contribution >= 4 is 46.6 Å². The molecule has 0 bridgehead atoms. The van der Waals surface area contributed by atoms with E-state index in [0.29, 0.717) is 0 Å². The Morgan fingerprint density at radius 2 is 1.00 bits per heavy atom. The number of amides is 4. The first kappa shape index (κ1) is 32.1. The largest absolute Gasteiger partial charge is 0.346 e. The predicted molar refractivity (Wildman–Crippen MR) is 158 cm³/mol. The maximum Gasteiger partial charge on any atom is 0.243 e. The summed E-state index contributed by atoms with van der Waals surface area (Å²) in [5.41, 5.74) is 12.8. The summed E-state index contributed by atoms with van der Waals surface area (Å²) in [6.07, 6.45) is 1.44. The SMILES string of the molecule is CC[C@H](C)[C@H](N)C(=O)NCC(=O)Nc1ccc2c(c1)C(=O)c1ccc(NC(=O)CNC(=O)[C@@H](N)[C@@H](C)CC)cc1C2=O. The summed E-state index contributed by atoms with van der Waals surface area (Å²) < 4.78 is 0. The van der Waals surface area contributed by atoms with E-state index in [0.717, 1.165) is 12.8 Å². The van der Waals surface area contributed by atoms with Gasteiger partial charge in [-0.2, -0.15) is 0 Å². The van der Waals surface area contributed by atoms with Crippen LogP contribution in [0, 0.1) is 11.8 Å². The lowest BCUT2D eigenvalue weighted by atomic mass is 9.83. The number of rotatable bonds is 12. The molecule has 0 aliphatic heterocycles. The molecular formula is C30H38N6O6. The van der Waals surface area contributed by atoms with Gasteiger partial charge < -0.3 is 32.7 Å². The maximum absolute atomic E-state index is 13.2. The van der Waals surface area contributed by atoms with Crippen molar-refractivity contribution in [1.29, 1.82) is 0 Å². The second-order valence-electron chi connectivity index (χ2n) is 10.5. The number of nitrogens with one attached hydrogen (secondary N) is 4. The molecule has 12 heteroatoms. The van der Waals surface area contributed by atoms with Gasteiger partial charge in [-0.15, -0.1) is 0 Å². The van der Waals surface area contributed by atoms with Crippen LogP contribution in [0.3, 0.4) is 0 Å². The summed E-state index contributed by atoms with van der Waals surface area (Å²) in [5, 5.41) is 10.2. The van der Waals surface area contributed by atoms with Gasteiger partial charge in [-0.3, -0.25) is 28.8 Å². The molecule has 3 rings (SSSR count). The Labute approximate surface area is 244 Å². The Hall–Kier alpha value is -4.42. The highest BCUT2D eigenvalue weighted by molar-refractivity contribution is 6.29. The molecule has 42 heavy (non-hydrogen) atoms. The number of benzene rings is 2. The van der Waals surface area contributed by atoms with E-state index in [4.69, 9.17) is 11.5 Å². The Kier molecular flexibility index (Phi) is 10.7. The van der Waals surface area contributed by atoms with Crippen molar-refractivity contribution in [2.24, 2.45) is 23.3 Å². The van der Waals surface area contributed by atoms with Crippen molar-refractivity contribution in [3.8, 4) is 0 Å². The minimum Gasteiger partial charge on any atom is -0.346 e. The molecule has 224 valence electrons. The third kappa shape index (κ3) is 7.45. The fourth-order valence-electron chi connectivity index (χ4n) is 4.31. The van der Waals surface area contributed by atoms with Crippen LogP contribution in [-0.2, 0) is 19.2 Å². The highest BCUT2D eigenvalue weighted by atomic mass is 16.2. The molecule has 1 aliphatic carbocycles. The molecule has 2 aromatic carbocycles. The monoisotopic (exact) mass is 578 g/mol. The maximum atomic E-state index is 13.2. The molecule has 0 spiro atoms. The first-order valence-electron chi connectivity index (χ1n) is 13.9. The lowest BCUT2D eigenvalue weighted by Crippen LogP contribution is -2.46. The second-order valence-corrected chi connectivity index (χ2v) is 10.5. The van der Waals surface area contributed by atoms with Gasteiger partial charge in [-0.05, 0) is 48.2 Å². The van der Waals surface area contributed by atoms with Crippen molar-refractivity contribution in [1.82, 2.24) is 10.6 Å². The summed E-state index contributed by atoms with van der Waals surface area (Å²) in [6.45, 7) is 6.91. The van der Waals surface area contributed by atoms with Crippen LogP contribution in [0.5, 0.6) is 0 Å². The summed E-state index contributed by atoms with van der Waals surface area (Å²) in [6, 6.07) is 7.19. The third-order valence-electron chi connectivity index (χ3n) is 7.55. The normalized spacial score (nSPS) is 14.9. The van der Waals surface area contributed by atoms with Crippen molar-refractivity contribution in [3.05, 3.63) is 58.7 Å². The molecule has 4 atom stereocenters. The highest BCUT2D eigenvalue weighted by Crippen LogP contribution is 2.31. The standard InChI is InChI=1S/C30H38N6O6/c1-5-15(3)25(31)29(41)33-13-23(37)35-17-7-9-19-21(11-17)27(39)20-10-8-18(12-22(20)28(19)40)36-24(38)14-34-30(42)26(32)16(4)6-2/h7-12,15-16,25-26H,5-6,13-14,31-32H2,1-4H3,(H,33,41)(H,34,42)(H,35,37)(H,36,38)/t15-,16-,25-,26-/m0/s1. The zero-order chi connectivity index (χ0) is 31.1. The average molecular weight is 579 g/mol. The molecule has 0 saturated heterocycles. The summed E-state index contributed by atoms with van der Waals surface area (Å²) >= 11 is 0. The van der Waals surface area contributed by atoms with Crippen LogP contribution in [0.25, 0.3) is 0 Å². The molecule has 0 saturated carbocycles. The zero-order valence-corrected chi connectivity index (χ0v) is 24.2. The van der Waals surface area contributed by atoms with Crippen LogP contribution in [-0.4, -0.2) is 60.4 Å². The fourth-order valence-corrected chi connectivity index (χ4v) is 4.31. The summed E-state index contributed by atoms with van der Waals surface area (Å²) in [7, 11) is 0. The van der Waals surface area contributed by atoms with E-state index in [9.17, 15) is 28.8 Å². The molecule has 8 N–H and O–H groups in total. The van der Waals surface area contributed by atoms with E-state index in [2.05, 4.69) is 21.3 Å². The molecule has 0 aromatic heterocycles. The van der Waals surface area contributed by atoms with Gasteiger partial charge in [-0.25, -0.2) is 0 Å². The van der Waals surface area contributed by atoms with Crippen LogP contribution in [0.2, 0.25) is 0 Å². The topological polar surface area (TPSA) is 203 Å². The first-order valence-corrected chi connectivity index (χ1v) is 13.9. The van der Waals surface area contributed by atoms with Gasteiger partial charge in [0, 0.05) is 33.6 Å². The molecule has 0 heterocycles. The number of hydrogen-bond donors (Lipinski definition) is 6. The third-order valence-corrected chi connectivity index (χ3v) is 7.55. The molecule has 1 aliphatic rings. The number of carbonyl (C=O) groups is 6. The minimum absolute atomic E-state index is 0.0426. The van der Waals surface area contributed by atoms with E-state index in [-0.39, 0.29) is 58.6 Å². The smallest absolute Gasteiger partial charge is 0.243 e. The van der Waals surface area contributed by atoms with Crippen LogP contribution < -0.4 is 32.7 Å². The summed E-state index contributed by atoms with van der Waals surface area (Å²) in [4.78, 5) is 75.6. The van der Waals surface area contributed by atoms with Crippen molar-refractivity contribution < 1.29 is 28.8 Å². The van der Waals surface area contributed by atoms with E-state index in [1.165, 1.54) is 36.4 Å². The van der Waals surface area contributed by atoms with Crippen LogP contribution in [0.4, 0.5) is 11.4 Å². The van der Waals surface area contributed by atoms with Gasteiger partial charge in [0.15, 0.2) is 11.6 Å². The lowest BCUT2D eigenvalue weighted by molar-refractivity contribution is -0.126. The van der Waals surface area contributed by atoms with Gasteiger partial charge in [0.25, 0.3) is 0 Å². The number of carbonyl (C=O) groups excluding carboxylic acids is 6. The number of anilines is 2. The number of hydrogen-bond acceptors (Lipinski definition) is 8. The van der Waals surface area contributed by atoms with E-state index < -0.39 is 47.3 Å². The van der Waals surface area contributed by atoms with Crippen molar-refractivity contribution in [2.45, 2.75) is 52.6 Å². The molecule has 0 fully saturated rings. The first-order chi connectivity index (χ1) is 19.9. The number of ketones is 2. The summed E-state index contributed by atoms with van der Waals surface area (Å²) in [5.74, 6) is -2.85. The number of fused-ring (bicyclic) bond motifs is 2. The van der Waals surface area contributed by atoms with Gasteiger partial charge >= 0.3 is 0 Å².